The highest BCUT2D eigenvalue weighted by molar-refractivity contribution is 5.98. The Hall–Kier alpha value is -2.75. The second-order valence-corrected chi connectivity index (χ2v) is 10.1. The first kappa shape index (κ1) is 22.1. The second kappa shape index (κ2) is 9.24. The Balaban J connectivity index is 1.30. The number of rotatable bonds is 9. The molecule has 4 bridgehead atoms. The van der Waals surface area contributed by atoms with Crippen molar-refractivity contribution in [3.8, 4) is 17.2 Å². The van der Waals surface area contributed by atoms with E-state index in [4.69, 9.17) is 14.2 Å². The summed E-state index contributed by atoms with van der Waals surface area (Å²) in [6, 6.07) is 13.7. The van der Waals surface area contributed by atoms with E-state index in [2.05, 4.69) is 0 Å². The molecule has 2 aromatic rings. The fourth-order valence-corrected chi connectivity index (χ4v) is 6.78. The summed E-state index contributed by atoms with van der Waals surface area (Å²) in [7, 11) is 1.67. The fourth-order valence-electron chi connectivity index (χ4n) is 6.78. The van der Waals surface area contributed by atoms with Crippen LogP contribution in [0.15, 0.2) is 48.5 Å². The van der Waals surface area contributed by atoms with E-state index in [1.807, 2.05) is 61.5 Å². The third-order valence-electron chi connectivity index (χ3n) is 7.82. The lowest BCUT2D eigenvalue weighted by atomic mass is 9.48. The summed E-state index contributed by atoms with van der Waals surface area (Å²) < 4.78 is 17.3. The molecule has 4 fully saturated rings. The first-order valence-electron chi connectivity index (χ1n) is 12.3. The van der Waals surface area contributed by atoms with Gasteiger partial charge in [0.2, 0.25) is 0 Å². The van der Waals surface area contributed by atoms with Gasteiger partial charge in [0, 0.05) is 11.0 Å². The zero-order chi connectivity index (χ0) is 22.8. The van der Waals surface area contributed by atoms with Crippen LogP contribution < -0.4 is 14.2 Å². The average molecular weight is 447 g/mol. The van der Waals surface area contributed by atoms with Crippen LogP contribution in [-0.4, -0.2) is 19.5 Å². The lowest BCUT2D eigenvalue weighted by Gasteiger charge is -2.55. The largest absolute Gasteiger partial charge is 0.496 e. The lowest BCUT2D eigenvalue weighted by molar-refractivity contribution is -0.138. The molecule has 6 rings (SSSR count). The lowest BCUT2D eigenvalue weighted by Crippen LogP contribution is -2.49. The highest BCUT2D eigenvalue weighted by Gasteiger charge is 2.53. The third kappa shape index (κ3) is 4.53. The summed E-state index contributed by atoms with van der Waals surface area (Å²) in [6.45, 7) is 2.90. The SMILES string of the molecule is CCOc1ccccc1OCc1cc(/C=C/C(=O)C23CC4CC(CC(C4)C2)C3)ccc1OC. The predicted octanol–water partition coefficient (Wildman–Crippen LogP) is 6.47. The first-order valence-corrected chi connectivity index (χ1v) is 12.3. The number of carbonyl (C=O) groups excluding carboxylic acids is 1. The number of hydrogen-bond donors (Lipinski definition) is 0. The van der Waals surface area contributed by atoms with Crippen molar-refractivity contribution in [2.45, 2.75) is 52.1 Å². The number of allylic oxidation sites excluding steroid dienone is 1. The van der Waals surface area contributed by atoms with Crippen LogP contribution in [0.5, 0.6) is 17.2 Å². The van der Waals surface area contributed by atoms with Crippen LogP contribution in [0.1, 0.15) is 56.6 Å². The molecule has 0 spiro atoms. The molecule has 0 saturated heterocycles. The molecule has 4 heteroatoms. The number of ketones is 1. The van der Waals surface area contributed by atoms with Crippen molar-refractivity contribution in [3.63, 3.8) is 0 Å². The highest BCUT2D eigenvalue weighted by atomic mass is 16.5. The molecule has 0 heterocycles. The van der Waals surface area contributed by atoms with Gasteiger partial charge in [-0.1, -0.05) is 24.3 Å². The van der Waals surface area contributed by atoms with E-state index in [-0.39, 0.29) is 5.41 Å². The summed E-state index contributed by atoms with van der Waals surface area (Å²) >= 11 is 0. The first-order chi connectivity index (χ1) is 16.1. The summed E-state index contributed by atoms with van der Waals surface area (Å²) in [6.07, 6.45) is 11.2. The highest BCUT2D eigenvalue weighted by Crippen LogP contribution is 2.60. The molecular weight excluding hydrogens is 412 g/mol. The van der Waals surface area contributed by atoms with Gasteiger partial charge in [-0.3, -0.25) is 4.79 Å². The maximum Gasteiger partial charge on any atom is 0.161 e. The minimum absolute atomic E-state index is 0.0906. The number of benzene rings is 2. The van der Waals surface area contributed by atoms with E-state index in [0.29, 0.717) is 24.7 Å². The minimum Gasteiger partial charge on any atom is -0.496 e. The Morgan fingerprint density at radius 3 is 2.18 bits per heavy atom. The maximum absolute atomic E-state index is 13.3. The van der Waals surface area contributed by atoms with Gasteiger partial charge >= 0.3 is 0 Å². The van der Waals surface area contributed by atoms with E-state index in [0.717, 1.165) is 59.6 Å². The molecule has 0 N–H and O–H groups in total. The van der Waals surface area contributed by atoms with Gasteiger partial charge in [0.1, 0.15) is 12.4 Å². The van der Waals surface area contributed by atoms with Crippen LogP contribution >= 0.6 is 0 Å². The van der Waals surface area contributed by atoms with Crippen molar-refractivity contribution in [3.05, 3.63) is 59.7 Å². The number of para-hydroxylation sites is 2. The molecule has 0 amide bonds. The standard InChI is InChI=1S/C29H34O4/c1-3-32-26-6-4-5-7-27(26)33-19-24-15-20(8-10-25(24)31-2)9-11-28(30)29-16-21-12-22(17-29)14-23(13-21)18-29/h4-11,15,21-23H,3,12-14,16-19H2,1-2H3/b11-9+. The molecule has 174 valence electrons. The zero-order valence-corrected chi connectivity index (χ0v) is 19.7. The molecular formula is C29H34O4. The normalized spacial score (nSPS) is 27.6. The quantitative estimate of drug-likeness (QED) is 0.414. The van der Waals surface area contributed by atoms with Crippen LogP contribution in [-0.2, 0) is 11.4 Å². The van der Waals surface area contributed by atoms with Crippen molar-refractivity contribution >= 4 is 11.9 Å². The Morgan fingerprint density at radius 2 is 1.58 bits per heavy atom. The monoisotopic (exact) mass is 446 g/mol. The van der Waals surface area contributed by atoms with E-state index in [1.165, 1.54) is 19.3 Å². The molecule has 4 aliphatic carbocycles. The molecule has 4 saturated carbocycles. The molecule has 2 aromatic carbocycles. The second-order valence-electron chi connectivity index (χ2n) is 10.1. The average Bonchev–Trinajstić information content (AvgIpc) is 2.81. The smallest absolute Gasteiger partial charge is 0.161 e. The summed E-state index contributed by atoms with van der Waals surface area (Å²) in [5.41, 5.74) is 1.84. The van der Waals surface area contributed by atoms with Gasteiger partial charge in [-0.05, 0) is 99.1 Å². The van der Waals surface area contributed by atoms with Gasteiger partial charge in [-0.25, -0.2) is 0 Å². The number of hydrogen-bond acceptors (Lipinski definition) is 4. The van der Waals surface area contributed by atoms with Gasteiger partial charge in [-0.15, -0.1) is 0 Å². The van der Waals surface area contributed by atoms with Crippen LogP contribution in [0.4, 0.5) is 0 Å². The zero-order valence-electron chi connectivity index (χ0n) is 19.7. The van der Waals surface area contributed by atoms with Crippen LogP contribution in [0, 0.1) is 23.2 Å². The van der Waals surface area contributed by atoms with Gasteiger partial charge in [0.05, 0.1) is 13.7 Å². The number of ether oxygens (including phenoxy) is 3. The molecule has 4 nitrogen and oxygen atoms in total. The van der Waals surface area contributed by atoms with Crippen molar-refractivity contribution in [1.29, 1.82) is 0 Å². The van der Waals surface area contributed by atoms with E-state index >= 15 is 0 Å². The predicted molar refractivity (Wildman–Crippen MR) is 130 cm³/mol. The van der Waals surface area contributed by atoms with Crippen LogP contribution in [0.25, 0.3) is 6.08 Å². The van der Waals surface area contributed by atoms with Gasteiger partial charge < -0.3 is 14.2 Å². The molecule has 4 aliphatic rings. The summed E-state index contributed by atoms with van der Waals surface area (Å²) in [5, 5.41) is 0. The maximum atomic E-state index is 13.3. The Morgan fingerprint density at radius 1 is 0.939 bits per heavy atom. The van der Waals surface area contributed by atoms with E-state index in [1.54, 1.807) is 7.11 Å². The molecule has 0 radical (unpaired) electrons. The van der Waals surface area contributed by atoms with E-state index in [9.17, 15) is 4.79 Å². The van der Waals surface area contributed by atoms with Crippen molar-refractivity contribution < 1.29 is 19.0 Å². The van der Waals surface area contributed by atoms with E-state index < -0.39 is 0 Å². The van der Waals surface area contributed by atoms with Gasteiger partial charge in [0.15, 0.2) is 17.3 Å². The van der Waals surface area contributed by atoms with Crippen molar-refractivity contribution in [2.75, 3.05) is 13.7 Å². The topological polar surface area (TPSA) is 44.8 Å². The molecule has 33 heavy (non-hydrogen) atoms. The Labute approximate surface area is 196 Å². The molecule has 0 atom stereocenters. The van der Waals surface area contributed by atoms with Crippen molar-refractivity contribution in [2.24, 2.45) is 23.2 Å². The van der Waals surface area contributed by atoms with Crippen LogP contribution in [0.3, 0.4) is 0 Å². The Kier molecular flexibility index (Phi) is 6.18. The third-order valence-corrected chi connectivity index (χ3v) is 7.82. The Bertz CT molecular complexity index is 1000. The summed E-state index contributed by atoms with van der Waals surface area (Å²) in [4.78, 5) is 13.3. The molecule has 0 unspecified atom stereocenters. The molecule has 0 aromatic heterocycles. The van der Waals surface area contributed by atoms with Crippen molar-refractivity contribution in [1.82, 2.24) is 0 Å². The van der Waals surface area contributed by atoms with Gasteiger partial charge in [-0.2, -0.15) is 0 Å². The van der Waals surface area contributed by atoms with Crippen LogP contribution in [0.2, 0.25) is 0 Å². The number of carbonyl (C=O) groups is 1. The summed E-state index contributed by atoms with van der Waals surface area (Å²) in [5.74, 6) is 4.87. The number of methoxy groups -OCH3 is 1. The molecule has 0 aliphatic heterocycles. The van der Waals surface area contributed by atoms with Gasteiger partial charge in [0.25, 0.3) is 0 Å². The minimum atomic E-state index is -0.0906. The fraction of sp³-hybridized carbons (Fsp3) is 0.483.